The molecule has 0 radical (unpaired) electrons. The Morgan fingerprint density at radius 1 is 0.756 bits per heavy atom. The van der Waals surface area contributed by atoms with E-state index in [4.69, 9.17) is 0 Å². The number of benzene rings is 5. The van der Waals surface area contributed by atoms with Gasteiger partial charge in [0.15, 0.2) is 0 Å². The number of aryl methyl sites for hydroxylation is 1. The first-order chi connectivity index (χ1) is 22.0. The van der Waals surface area contributed by atoms with E-state index in [0.29, 0.717) is 12.1 Å². The topological polar surface area (TPSA) is 61.4 Å². The average Bonchev–Trinajstić information content (AvgIpc) is 3.09. The molecule has 1 aliphatic heterocycles. The van der Waals surface area contributed by atoms with Crippen LogP contribution in [0, 0.1) is 12.8 Å². The number of nitrogens with zero attached hydrogens (tertiary/aromatic N) is 1. The van der Waals surface area contributed by atoms with E-state index >= 15 is 0 Å². The van der Waals surface area contributed by atoms with Gasteiger partial charge in [-0.05, 0) is 78.3 Å². The average molecular weight is 594 g/mol. The molecular weight excluding hydrogens is 554 g/mol. The molecule has 5 heteroatoms. The zero-order valence-corrected chi connectivity index (χ0v) is 25.7. The Morgan fingerprint density at radius 3 is 2.13 bits per heavy atom. The highest BCUT2D eigenvalue weighted by atomic mass is 16.2. The summed E-state index contributed by atoms with van der Waals surface area (Å²) in [5.41, 5.74) is 7.81. The molecule has 0 bridgehead atoms. The van der Waals surface area contributed by atoms with Crippen LogP contribution in [0.4, 0.5) is 11.4 Å². The van der Waals surface area contributed by atoms with Crippen molar-refractivity contribution in [3.63, 3.8) is 0 Å². The van der Waals surface area contributed by atoms with E-state index in [0.717, 1.165) is 65.1 Å². The minimum Gasteiger partial charge on any atom is -0.372 e. The number of hydrogen-bond donors (Lipinski definition) is 2. The minimum atomic E-state index is -0.183. The number of amides is 2. The van der Waals surface area contributed by atoms with Crippen LogP contribution in [0.3, 0.4) is 0 Å². The van der Waals surface area contributed by atoms with E-state index in [-0.39, 0.29) is 23.7 Å². The fraction of sp³-hybridized carbons (Fsp3) is 0.200. The second-order valence-electron chi connectivity index (χ2n) is 11.8. The quantitative estimate of drug-likeness (QED) is 0.181. The third-order valence-corrected chi connectivity index (χ3v) is 8.75. The Labute approximate surface area is 265 Å². The number of piperidine rings is 1. The highest BCUT2D eigenvalue weighted by molar-refractivity contribution is 6.08. The van der Waals surface area contributed by atoms with Gasteiger partial charge in [-0.15, -0.1) is 0 Å². The first kappa shape index (κ1) is 29.9. The molecule has 5 nitrogen and oxygen atoms in total. The number of carbonyl (C=O) groups excluding carboxylic acids is 2. The van der Waals surface area contributed by atoms with Crippen molar-refractivity contribution >= 4 is 23.2 Å². The molecule has 5 aromatic rings. The standard InChI is InChI=1S/C40H39N3O2/c1-29-11-10-16-33(27-29)36-17-8-9-18-37(36)39(44)42-34-19-21-35(22-20-34)43-25-23-32(24-26-43)38(31-14-6-3-7-15-31)40(45)41-28-30-12-4-2-5-13-30/h2-22,27,32,38H,23-26,28H2,1H3,(H,41,45)(H,42,44). The second-order valence-corrected chi connectivity index (χ2v) is 11.8. The smallest absolute Gasteiger partial charge is 0.256 e. The highest BCUT2D eigenvalue weighted by Crippen LogP contribution is 2.35. The molecule has 1 heterocycles. The first-order valence-corrected chi connectivity index (χ1v) is 15.7. The van der Waals surface area contributed by atoms with Gasteiger partial charge in [0.1, 0.15) is 0 Å². The van der Waals surface area contributed by atoms with E-state index in [1.54, 1.807) is 0 Å². The van der Waals surface area contributed by atoms with Crippen molar-refractivity contribution < 1.29 is 9.59 Å². The van der Waals surface area contributed by atoms with Crippen molar-refractivity contribution in [2.24, 2.45) is 5.92 Å². The lowest BCUT2D eigenvalue weighted by Gasteiger charge is -2.37. The van der Waals surface area contributed by atoms with Crippen LogP contribution < -0.4 is 15.5 Å². The monoisotopic (exact) mass is 593 g/mol. The Balaban J connectivity index is 1.09. The molecule has 6 rings (SSSR count). The summed E-state index contributed by atoms with van der Waals surface area (Å²) in [5.74, 6) is 0.0366. The molecule has 1 aliphatic rings. The summed E-state index contributed by atoms with van der Waals surface area (Å²) in [7, 11) is 0. The maximum Gasteiger partial charge on any atom is 0.256 e. The molecule has 2 amide bonds. The van der Waals surface area contributed by atoms with Gasteiger partial charge in [-0.3, -0.25) is 9.59 Å². The van der Waals surface area contributed by atoms with Gasteiger partial charge >= 0.3 is 0 Å². The Morgan fingerprint density at radius 2 is 1.42 bits per heavy atom. The lowest BCUT2D eigenvalue weighted by atomic mass is 9.79. The molecule has 5 aromatic carbocycles. The van der Waals surface area contributed by atoms with Gasteiger partial charge in [0.2, 0.25) is 5.91 Å². The van der Waals surface area contributed by atoms with Gasteiger partial charge in [-0.25, -0.2) is 0 Å². The molecule has 1 atom stereocenters. The van der Waals surface area contributed by atoms with Crippen LogP contribution in [0.5, 0.6) is 0 Å². The van der Waals surface area contributed by atoms with E-state index in [2.05, 4.69) is 58.9 Å². The molecule has 45 heavy (non-hydrogen) atoms. The van der Waals surface area contributed by atoms with Gasteiger partial charge in [0.05, 0.1) is 5.92 Å². The van der Waals surface area contributed by atoms with Crippen molar-refractivity contribution in [1.82, 2.24) is 5.32 Å². The van der Waals surface area contributed by atoms with E-state index in [1.165, 1.54) is 0 Å². The third-order valence-electron chi connectivity index (χ3n) is 8.75. The summed E-state index contributed by atoms with van der Waals surface area (Å²) < 4.78 is 0. The van der Waals surface area contributed by atoms with Crippen molar-refractivity contribution in [1.29, 1.82) is 0 Å². The van der Waals surface area contributed by atoms with Crippen LogP contribution in [-0.4, -0.2) is 24.9 Å². The normalized spacial score (nSPS) is 14.0. The largest absolute Gasteiger partial charge is 0.372 e. The molecule has 1 saturated heterocycles. The molecular formula is C40H39N3O2. The maximum absolute atomic E-state index is 13.6. The van der Waals surface area contributed by atoms with Crippen LogP contribution in [0.25, 0.3) is 11.1 Å². The zero-order chi connectivity index (χ0) is 31.0. The van der Waals surface area contributed by atoms with Crippen LogP contribution >= 0.6 is 0 Å². The molecule has 0 spiro atoms. The molecule has 0 saturated carbocycles. The van der Waals surface area contributed by atoms with Gasteiger partial charge in [0, 0.05) is 36.6 Å². The van der Waals surface area contributed by atoms with Crippen LogP contribution in [-0.2, 0) is 11.3 Å². The zero-order valence-electron chi connectivity index (χ0n) is 25.7. The third kappa shape index (κ3) is 7.32. The van der Waals surface area contributed by atoms with Gasteiger partial charge in [0.25, 0.3) is 5.91 Å². The molecule has 1 unspecified atom stereocenters. The van der Waals surface area contributed by atoms with Crippen LogP contribution in [0.1, 0.15) is 45.8 Å². The predicted octanol–water partition coefficient (Wildman–Crippen LogP) is 8.23. The Bertz CT molecular complexity index is 1730. The van der Waals surface area contributed by atoms with Crippen molar-refractivity contribution in [2.45, 2.75) is 32.2 Å². The molecule has 0 aromatic heterocycles. The molecule has 1 fully saturated rings. The van der Waals surface area contributed by atoms with E-state index in [9.17, 15) is 9.59 Å². The summed E-state index contributed by atoms with van der Waals surface area (Å²) in [4.78, 5) is 29.3. The highest BCUT2D eigenvalue weighted by Gasteiger charge is 2.32. The van der Waals surface area contributed by atoms with Crippen LogP contribution in [0.15, 0.2) is 133 Å². The Hall–Kier alpha value is -5.16. The summed E-state index contributed by atoms with van der Waals surface area (Å²) >= 11 is 0. The molecule has 2 N–H and O–H groups in total. The van der Waals surface area contributed by atoms with Gasteiger partial charge in [-0.2, -0.15) is 0 Å². The van der Waals surface area contributed by atoms with E-state index < -0.39 is 0 Å². The Kier molecular flexibility index (Phi) is 9.35. The summed E-state index contributed by atoms with van der Waals surface area (Å²) in [6, 6.07) is 44.3. The van der Waals surface area contributed by atoms with Crippen LogP contribution in [0.2, 0.25) is 0 Å². The number of nitrogens with one attached hydrogen (secondary N) is 2. The molecule has 0 aliphatic carbocycles. The van der Waals surface area contributed by atoms with Crippen molar-refractivity contribution in [3.05, 3.63) is 156 Å². The van der Waals surface area contributed by atoms with Gasteiger partial charge in [-0.1, -0.05) is 109 Å². The van der Waals surface area contributed by atoms with Gasteiger partial charge < -0.3 is 15.5 Å². The second kappa shape index (κ2) is 14.1. The summed E-state index contributed by atoms with van der Waals surface area (Å²) in [6.45, 7) is 4.33. The fourth-order valence-corrected chi connectivity index (χ4v) is 6.38. The number of anilines is 2. The fourth-order valence-electron chi connectivity index (χ4n) is 6.38. The molecule has 226 valence electrons. The maximum atomic E-state index is 13.6. The number of carbonyl (C=O) groups is 2. The number of hydrogen-bond acceptors (Lipinski definition) is 3. The number of rotatable bonds is 9. The summed E-state index contributed by atoms with van der Waals surface area (Å²) in [5, 5.41) is 6.29. The lowest BCUT2D eigenvalue weighted by molar-refractivity contribution is -0.124. The van der Waals surface area contributed by atoms with E-state index in [1.807, 2.05) is 97.1 Å². The lowest BCUT2D eigenvalue weighted by Crippen LogP contribution is -2.40. The predicted molar refractivity (Wildman–Crippen MR) is 183 cm³/mol. The SMILES string of the molecule is Cc1cccc(-c2ccccc2C(=O)Nc2ccc(N3CCC(C(C(=O)NCc4ccccc4)c4ccccc4)CC3)cc2)c1. The van der Waals surface area contributed by atoms with Crippen molar-refractivity contribution in [3.8, 4) is 11.1 Å². The minimum absolute atomic E-state index is 0.0903. The van der Waals surface area contributed by atoms with Crippen molar-refractivity contribution in [2.75, 3.05) is 23.3 Å². The first-order valence-electron chi connectivity index (χ1n) is 15.7. The summed E-state index contributed by atoms with van der Waals surface area (Å²) in [6.07, 6.45) is 1.85.